The van der Waals surface area contributed by atoms with Gasteiger partial charge in [0.25, 0.3) is 0 Å². The largest absolute Gasteiger partial charge is 0.339 e. The fourth-order valence-electron chi connectivity index (χ4n) is 1.48. The topological polar surface area (TPSA) is 20.3 Å². The molecule has 0 atom stereocenters. The Morgan fingerprint density at radius 1 is 1.58 bits per heavy atom. The average Bonchev–Trinajstić information content (AvgIpc) is 2.17. The van der Waals surface area contributed by atoms with E-state index >= 15 is 0 Å². The first kappa shape index (κ1) is 9.30. The lowest BCUT2D eigenvalue weighted by Gasteiger charge is -2.25. The summed E-state index contributed by atoms with van der Waals surface area (Å²) in [6, 6.07) is 0. The molecule has 0 aromatic heterocycles. The minimum absolute atomic E-state index is 0.279. The molecule has 0 spiro atoms. The number of hydrogen-bond acceptors (Lipinski definition) is 1. The molecular formula is C10H17NO. The maximum absolute atomic E-state index is 11.3. The molecule has 1 rings (SSSR count). The van der Waals surface area contributed by atoms with Crippen molar-refractivity contribution in [2.75, 3.05) is 13.1 Å². The van der Waals surface area contributed by atoms with E-state index in [1.54, 1.807) is 0 Å². The van der Waals surface area contributed by atoms with Gasteiger partial charge >= 0.3 is 0 Å². The zero-order chi connectivity index (χ0) is 8.97. The Hall–Kier alpha value is -0.790. The number of nitrogens with zero attached hydrogens (tertiary/aromatic N) is 1. The van der Waals surface area contributed by atoms with Crippen LogP contribution in [0.25, 0.3) is 0 Å². The van der Waals surface area contributed by atoms with Gasteiger partial charge in [0, 0.05) is 19.5 Å². The molecular weight excluding hydrogens is 150 g/mol. The summed E-state index contributed by atoms with van der Waals surface area (Å²) in [7, 11) is 0. The van der Waals surface area contributed by atoms with Gasteiger partial charge in [0.15, 0.2) is 0 Å². The third-order valence-corrected chi connectivity index (χ3v) is 2.41. The highest BCUT2D eigenvalue weighted by atomic mass is 16.2. The Balaban J connectivity index is 2.46. The van der Waals surface area contributed by atoms with Gasteiger partial charge in [-0.05, 0) is 12.8 Å². The first-order valence-electron chi connectivity index (χ1n) is 4.73. The lowest BCUT2D eigenvalue weighted by atomic mass is 10.1. The monoisotopic (exact) mass is 167 g/mol. The van der Waals surface area contributed by atoms with Crippen molar-refractivity contribution in [3.8, 4) is 0 Å². The van der Waals surface area contributed by atoms with E-state index in [9.17, 15) is 4.79 Å². The van der Waals surface area contributed by atoms with Crippen LogP contribution >= 0.6 is 0 Å². The van der Waals surface area contributed by atoms with Crippen molar-refractivity contribution >= 4 is 5.91 Å². The molecule has 0 saturated carbocycles. The van der Waals surface area contributed by atoms with Crippen molar-refractivity contribution in [3.63, 3.8) is 0 Å². The zero-order valence-corrected chi connectivity index (χ0v) is 7.97. The Bertz CT molecular complexity index is 196. The average molecular weight is 167 g/mol. The van der Waals surface area contributed by atoms with Gasteiger partial charge in [-0.2, -0.15) is 0 Å². The molecule has 0 bridgehead atoms. The maximum Gasteiger partial charge on any atom is 0.222 e. The summed E-state index contributed by atoms with van der Waals surface area (Å²) in [6.07, 6.45) is 5.03. The summed E-state index contributed by atoms with van der Waals surface area (Å²) >= 11 is 0. The second-order valence-electron chi connectivity index (χ2n) is 3.16. The summed E-state index contributed by atoms with van der Waals surface area (Å²) < 4.78 is 0. The lowest BCUT2D eigenvalue weighted by Crippen LogP contribution is -2.34. The molecule has 2 heteroatoms. The van der Waals surface area contributed by atoms with Crippen molar-refractivity contribution in [1.82, 2.24) is 4.90 Å². The fraction of sp³-hybridized carbons (Fsp3) is 0.700. The molecule has 0 aliphatic carbocycles. The van der Waals surface area contributed by atoms with Crippen LogP contribution in [0.4, 0.5) is 0 Å². The molecule has 0 aromatic carbocycles. The molecule has 0 N–H and O–H groups in total. The van der Waals surface area contributed by atoms with E-state index in [0.29, 0.717) is 6.42 Å². The van der Waals surface area contributed by atoms with Crippen LogP contribution in [0.2, 0.25) is 0 Å². The smallest absolute Gasteiger partial charge is 0.222 e. The molecule has 0 unspecified atom stereocenters. The van der Waals surface area contributed by atoms with Gasteiger partial charge in [0.1, 0.15) is 0 Å². The molecule has 68 valence electrons. The van der Waals surface area contributed by atoms with Crippen molar-refractivity contribution in [2.45, 2.75) is 33.1 Å². The predicted octanol–water partition coefficient (Wildman–Crippen LogP) is 1.97. The van der Waals surface area contributed by atoms with Crippen LogP contribution in [0.5, 0.6) is 0 Å². The highest BCUT2D eigenvalue weighted by Gasteiger charge is 2.13. The van der Waals surface area contributed by atoms with Crippen molar-refractivity contribution in [3.05, 3.63) is 11.6 Å². The number of carbonyl (C=O) groups is 1. The molecule has 1 amide bonds. The molecule has 0 fully saturated rings. The first-order valence-corrected chi connectivity index (χ1v) is 4.73. The van der Waals surface area contributed by atoms with E-state index in [4.69, 9.17) is 0 Å². The molecule has 0 radical (unpaired) electrons. The van der Waals surface area contributed by atoms with Crippen molar-refractivity contribution in [1.29, 1.82) is 0 Å². The number of amides is 1. The Morgan fingerprint density at radius 2 is 2.33 bits per heavy atom. The summed E-state index contributed by atoms with van der Waals surface area (Å²) in [5, 5.41) is 0. The third kappa shape index (κ3) is 2.10. The number of carbonyl (C=O) groups excluding carboxylic acids is 1. The minimum atomic E-state index is 0.279. The maximum atomic E-state index is 11.3. The standard InChI is InChI=1S/C10H17NO/c1-3-9-5-7-11(8-6-9)10(12)4-2/h5H,3-4,6-8H2,1-2H3. The Labute approximate surface area is 74.2 Å². The summed E-state index contributed by atoms with van der Waals surface area (Å²) in [6.45, 7) is 5.84. The molecule has 2 nitrogen and oxygen atoms in total. The van der Waals surface area contributed by atoms with Gasteiger partial charge in [-0.15, -0.1) is 0 Å². The normalized spacial score (nSPS) is 17.5. The van der Waals surface area contributed by atoms with Gasteiger partial charge in [0.05, 0.1) is 0 Å². The summed E-state index contributed by atoms with van der Waals surface area (Å²) in [4.78, 5) is 13.2. The van der Waals surface area contributed by atoms with Crippen LogP contribution in [0.3, 0.4) is 0 Å². The molecule has 12 heavy (non-hydrogen) atoms. The first-order chi connectivity index (χ1) is 5.77. The van der Waals surface area contributed by atoms with Crippen molar-refractivity contribution < 1.29 is 4.79 Å². The van der Waals surface area contributed by atoms with E-state index in [1.807, 2.05) is 11.8 Å². The van der Waals surface area contributed by atoms with Crippen LogP contribution in [0, 0.1) is 0 Å². The van der Waals surface area contributed by atoms with E-state index in [1.165, 1.54) is 5.57 Å². The highest BCUT2D eigenvalue weighted by Crippen LogP contribution is 2.13. The minimum Gasteiger partial charge on any atom is -0.339 e. The highest BCUT2D eigenvalue weighted by molar-refractivity contribution is 5.76. The molecule has 0 saturated heterocycles. The van der Waals surface area contributed by atoms with Crippen molar-refractivity contribution in [2.24, 2.45) is 0 Å². The van der Waals surface area contributed by atoms with Crippen LogP contribution in [-0.2, 0) is 4.79 Å². The number of rotatable bonds is 2. The van der Waals surface area contributed by atoms with E-state index in [2.05, 4.69) is 13.0 Å². The quantitative estimate of drug-likeness (QED) is 0.576. The van der Waals surface area contributed by atoms with Gasteiger partial charge in [0.2, 0.25) is 5.91 Å². The summed E-state index contributed by atoms with van der Waals surface area (Å²) in [5.41, 5.74) is 1.50. The SMILES string of the molecule is CCC(=O)N1CC=C(CC)CC1. The zero-order valence-electron chi connectivity index (χ0n) is 7.97. The second kappa shape index (κ2) is 4.29. The van der Waals surface area contributed by atoms with E-state index in [0.717, 1.165) is 25.9 Å². The van der Waals surface area contributed by atoms with Gasteiger partial charge in [-0.3, -0.25) is 4.79 Å². The van der Waals surface area contributed by atoms with Gasteiger partial charge in [-0.1, -0.05) is 25.5 Å². The Kier molecular flexibility index (Phi) is 3.32. The van der Waals surface area contributed by atoms with Crippen LogP contribution in [0.1, 0.15) is 33.1 Å². The molecule has 1 aliphatic heterocycles. The fourth-order valence-corrected chi connectivity index (χ4v) is 1.48. The molecule has 1 heterocycles. The number of hydrogen-bond donors (Lipinski definition) is 0. The van der Waals surface area contributed by atoms with Crippen LogP contribution in [0.15, 0.2) is 11.6 Å². The van der Waals surface area contributed by atoms with E-state index < -0.39 is 0 Å². The Morgan fingerprint density at radius 3 is 2.75 bits per heavy atom. The summed E-state index contributed by atoms with van der Waals surface area (Å²) in [5.74, 6) is 0.279. The van der Waals surface area contributed by atoms with E-state index in [-0.39, 0.29) is 5.91 Å². The molecule has 1 aliphatic rings. The predicted molar refractivity (Wildman–Crippen MR) is 49.9 cm³/mol. The molecule has 0 aromatic rings. The second-order valence-corrected chi connectivity index (χ2v) is 3.16. The third-order valence-electron chi connectivity index (χ3n) is 2.41. The van der Waals surface area contributed by atoms with Crippen LogP contribution in [-0.4, -0.2) is 23.9 Å². The van der Waals surface area contributed by atoms with Gasteiger partial charge < -0.3 is 4.90 Å². The van der Waals surface area contributed by atoms with Gasteiger partial charge in [-0.25, -0.2) is 0 Å². The van der Waals surface area contributed by atoms with Crippen LogP contribution < -0.4 is 0 Å². The lowest BCUT2D eigenvalue weighted by molar-refractivity contribution is -0.130.